The Morgan fingerprint density at radius 3 is 2.95 bits per heavy atom. The number of rotatable bonds is 7. The Morgan fingerprint density at radius 2 is 2.20 bits per heavy atom. The predicted octanol–water partition coefficient (Wildman–Crippen LogP) is 2.98. The van der Waals surface area contributed by atoms with Crippen molar-refractivity contribution in [3.05, 3.63) is 35.6 Å². The second-order valence-corrected chi connectivity index (χ2v) is 4.62. The lowest BCUT2D eigenvalue weighted by atomic mass is 10.3. The summed E-state index contributed by atoms with van der Waals surface area (Å²) in [6.45, 7) is 1.50. The molecule has 0 saturated heterocycles. The average molecular weight is 296 g/mol. The van der Waals surface area contributed by atoms with Crippen molar-refractivity contribution in [1.29, 1.82) is 0 Å². The van der Waals surface area contributed by atoms with Gasteiger partial charge in [0.1, 0.15) is 5.75 Å². The third-order valence-corrected chi connectivity index (χ3v) is 3.18. The van der Waals surface area contributed by atoms with E-state index in [9.17, 15) is 0 Å². The minimum Gasteiger partial charge on any atom is -0.497 e. The van der Waals surface area contributed by atoms with Gasteiger partial charge in [0.05, 0.1) is 17.8 Å². The van der Waals surface area contributed by atoms with Gasteiger partial charge in [0.15, 0.2) is 0 Å². The molecule has 1 heterocycles. The summed E-state index contributed by atoms with van der Waals surface area (Å²) in [5.41, 5.74) is 0.831. The van der Waals surface area contributed by atoms with E-state index in [0.29, 0.717) is 11.6 Å². The molecular formula is C14H18ClN3O2. The highest BCUT2D eigenvalue weighted by Crippen LogP contribution is 2.27. The van der Waals surface area contributed by atoms with Gasteiger partial charge in [-0.1, -0.05) is 11.6 Å². The fourth-order valence-electron chi connectivity index (χ4n) is 1.85. The van der Waals surface area contributed by atoms with E-state index >= 15 is 0 Å². The van der Waals surface area contributed by atoms with Crippen LogP contribution in [0.15, 0.2) is 30.6 Å². The Kier molecular flexibility index (Phi) is 5.26. The summed E-state index contributed by atoms with van der Waals surface area (Å²) in [7, 11) is 3.32. The number of imidazole rings is 1. The van der Waals surface area contributed by atoms with Crippen LogP contribution in [-0.2, 0) is 4.74 Å². The molecule has 0 bridgehead atoms. The van der Waals surface area contributed by atoms with Crippen LogP contribution < -0.4 is 10.1 Å². The zero-order chi connectivity index (χ0) is 14.4. The molecule has 1 aromatic carbocycles. The summed E-state index contributed by atoms with van der Waals surface area (Å²) in [5.74, 6) is 1.50. The van der Waals surface area contributed by atoms with Crippen LogP contribution in [0.25, 0.3) is 5.69 Å². The average Bonchev–Trinajstić information content (AvgIpc) is 2.92. The van der Waals surface area contributed by atoms with Crippen LogP contribution in [0.5, 0.6) is 5.75 Å². The standard InChI is InChI=1S/C14H18ClN3O2/c1-19-9-3-6-16-14-17-7-8-18(14)13-10-11(20-2)4-5-12(13)15/h4-5,7-8,10H,3,6,9H2,1-2H3,(H,16,17). The highest BCUT2D eigenvalue weighted by molar-refractivity contribution is 6.32. The highest BCUT2D eigenvalue weighted by Gasteiger charge is 2.09. The molecule has 0 radical (unpaired) electrons. The van der Waals surface area contributed by atoms with Crippen molar-refractivity contribution in [2.75, 3.05) is 32.7 Å². The Balaban J connectivity index is 2.18. The summed E-state index contributed by atoms with van der Waals surface area (Å²) < 4.78 is 12.2. The molecule has 0 fully saturated rings. The molecular weight excluding hydrogens is 278 g/mol. The van der Waals surface area contributed by atoms with Gasteiger partial charge in [-0.05, 0) is 18.6 Å². The Labute approximate surface area is 123 Å². The Morgan fingerprint density at radius 1 is 1.35 bits per heavy atom. The van der Waals surface area contributed by atoms with Crippen LogP contribution in [0.3, 0.4) is 0 Å². The Bertz CT molecular complexity index is 557. The molecule has 108 valence electrons. The molecule has 2 aromatic rings. The van der Waals surface area contributed by atoms with Gasteiger partial charge >= 0.3 is 0 Å². The molecule has 0 aliphatic rings. The summed E-state index contributed by atoms with van der Waals surface area (Å²) >= 11 is 6.25. The lowest BCUT2D eigenvalue weighted by molar-refractivity contribution is 0.197. The number of anilines is 1. The molecule has 0 amide bonds. The normalized spacial score (nSPS) is 10.6. The van der Waals surface area contributed by atoms with Crippen LogP contribution in [-0.4, -0.2) is 36.9 Å². The van der Waals surface area contributed by atoms with E-state index in [2.05, 4.69) is 10.3 Å². The van der Waals surface area contributed by atoms with Crippen LogP contribution in [0, 0.1) is 0 Å². The summed E-state index contributed by atoms with van der Waals surface area (Å²) in [6.07, 6.45) is 4.50. The Hall–Kier alpha value is -1.72. The molecule has 0 atom stereocenters. The van der Waals surface area contributed by atoms with Crippen molar-refractivity contribution >= 4 is 17.5 Å². The third-order valence-electron chi connectivity index (χ3n) is 2.86. The van der Waals surface area contributed by atoms with Gasteiger partial charge in [0, 0.05) is 38.7 Å². The van der Waals surface area contributed by atoms with Crippen molar-refractivity contribution in [2.45, 2.75) is 6.42 Å². The first-order valence-electron chi connectivity index (χ1n) is 6.36. The largest absolute Gasteiger partial charge is 0.497 e. The highest BCUT2D eigenvalue weighted by atomic mass is 35.5. The number of nitrogens with one attached hydrogen (secondary N) is 1. The smallest absolute Gasteiger partial charge is 0.207 e. The molecule has 0 spiro atoms. The van der Waals surface area contributed by atoms with Crippen molar-refractivity contribution in [3.63, 3.8) is 0 Å². The first kappa shape index (κ1) is 14.7. The zero-order valence-corrected chi connectivity index (χ0v) is 12.4. The van der Waals surface area contributed by atoms with Gasteiger partial charge in [0.25, 0.3) is 0 Å². The monoisotopic (exact) mass is 295 g/mol. The first-order chi connectivity index (χ1) is 9.76. The van der Waals surface area contributed by atoms with E-state index in [4.69, 9.17) is 21.1 Å². The van der Waals surface area contributed by atoms with Crippen LogP contribution in [0.2, 0.25) is 5.02 Å². The van der Waals surface area contributed by atoms with E-state index in [-0.39, 0.29) is 0 Å². The van der Waals surface area contributed by atoms with Crippen molar-refractivity contribution in [3.8, 4) is 11.4 Å². The topological polar surface area (TPSA) is 48.3 Å². The summed E-state index contributed by atoms with van der Waals surface area (Å²) in [6, 6.07) is 5.52. The molecule has 0 aliphatic carbocycles. The van der Waals surface area contributed by atoms with Gasteiger partial charge in [-0.2, -0.15) is 0 Å². The lowest BCUT2D eigenvalue weighted by Crippen LogP contribution is -2.09. The number of nitrogens with zero attached hydrogens (tertiary/aromatic N) is 2. The van der Waals surface area contributed by atoms with E-state index in [0.717, 1.165) is 30.4 Å². The van der Waals surface area contributed by atoms with E-state index in [1.165, 1.54) is 0 Å². The van der Waals surface area contributed by atoms with Crippen molar-refractivity contribution < 1.29 is 9.47 Å². The molecule has 1 N–H and O–H groups in total. The van der Waals surface area contributed by atoms with E-state index in [1.807, 2.05) is 29.0 Å². The summed E-state index contributed by atoms with van der Waals surface area (Å²) in [5, 5.41) is 3.91. The maximum Gasteiger partial charge on any atom is 0.207 e. The molecule has 1 aromatic heterocycles. The minimum atomic E-state index is 0.642. The number of hydrogen-bond donors (Lipinski definition) is 1. The van der Waals surface area contributed by atoms with Crippen LogP contribution >= 0.6 is 11.6 Å². The molecule has 0 unspecified atom stereocenters. The van der Waals surface area contributed by atoms with Crippen molar-refractivity contribution in [1.82, 2.24) is 9.55 Å². The van der Waals surface area contributed by atoms with Gasteiger partial charge in [0.2, 0.25) is 5.95 Å². The SMILES string of the molecule is COCCCNc1nccn1-c1cc(OC)ccc1Cl. The molecule has 6 heteroatoms. The van der Waals surface area contributed by atoms with Gasteiger partial charge in [-0.3, -0.25) is 4.57 Å². The van der Waals surface area contributed by atoms with E-state index in [1.54, 1.807) is 20.4 Å². The van der Waals surface area contributed by atoms with Gasteiger partial charge in [-0.15, -0.1) is 0 Å². The van der Waals surface area contributed by atoms with Gasteiger partial charge < -0.3 is 14.8 Å². The molecule has 0 aliphatic heterocycles. The fourth-order valence-corrected chi connectivity index (χ4v) is 2.06. The maximum atomic E-state index is 6.25. The van der Waals surface area contributed by atoms with E-state index < -0.39 is 0 Å². The number of aromatic nitrogens is 2. The third kappa shape index (κ3) is 3.43. The predicted molar refractivity (Wildman–Crippen MR) is 80.1 cm³/mol. The number of benzene rings is 1. The summed E-state index contributed by atoms with van der Waals surface area (Å²) in [4.78, 5) is 4.30. The molecule has 0 saturated carbocycles. The first-order valence-corrected chi connectivity index (χ1v) is 6.74. The second kappa shape index (κ2) is 7.17. The molecule has 2 rings (SSSR count). The van der Waals surface area contributed by atoms with Gasteiger partial charge in [-0.25, -0.2) is 4.98 Å². The number of halogens is 1. The second-order valence-electron chi connectivity index (χ2n) is 4.21. The lowest BCUT2D eigenvalue weighted by Gasteiger charge is -2.12. The number of hydrogen-bond acceptors (Lipinski definition) is 4. The number of ether oxygens (including phenoxy) is 2. The van der Waals surface area contributed by atoms with Crippen LogP contribution in [0.4, 0.5) is 5.95 Å². The fraction of sp³-hybridized carbons (Fsp3) is 0.357. The van der Waals surface area contributed by atoms with Crippen molar-refractivity contribution in [2.24, 2.45) is 0 Å². The molecule has 5 nitrogen and oxygen atoms in total. The maximum absolute atomic E-state index is 6.25. The zero-order valence-electron chi connectivity index (χ0n) is 11.6. The minimum absolute atomic E-state index is 0.642. The number of methoxy groups -OCH3 is 2. The quantitative estimate of drug-likeness (QED) is 0.798. The van der Waals surface area contributed by atoms with Crippen LogP contribution in [0.1, 0.15) is 6.42 Å². The molecule has 20 heavy (non-hydrogen) atoms.